The molecule has 0 aromatic carbocycles. The Bertz CT molecular complexity index is 392. The molecular formula is C16H27N3. The molecule has 1 aliphatic carbocycles. The van der Waals surface area contributed by atoms with Crippen LogP contribution in [0, 0.1) is 5.92 Å². The SMILES string of the molecule is CCC1CCNC(Cc2ccn(C3CCCC3)n2)C1. The average molecular weight is 261 g/mol. The van der Waals surface area contributed by atoms with Crippen molar-refractivity contribution in [2.45, 2.75) is 70.4 Å². The molecule has 2 unspecified atom stereocenters. The van der Waals surface area contributed by atoms with Crippen molar-refractivity contribution in [3.63, 3.8) is 0 Å². The average Bonchev–Trinajstić information content (AvgIpc) is 3.09. The Kier molecular flexibility index (Phi) is 4.21. The van der Waals surface area contributed by atoms with Gasteiger partial charge < -0.3 is 5.32 Å². The minimum Gasteiger partial charge on any atom is -0.314 e. The fraction of sp³-hybridized carbons (Fsp3) is 0.812. The predicted octanol–water partition coefficient (Wildman–Crippen LogP) is 3.32. The topological polar surface area (TPSA) is 29.9 Å². The van der Waals surface area contributed by atoms with E-state index in [1.807, 2.05) is 0 Å². The van der Waals surface area contributed by atoms with Gasteiger partial charge in [-0.25, -0.2) is 0 Å². The highest BCUT2D eigenvalue weighted by molar-refractivity contribution is 5.03. The van der Waals surface area contributed by atoms with Gasteiger partial charge in [0.2, 0.25) is 0 Å². The van der Waals surface area contributed by atoms with Gasteiger partial charge in [0.25, 0.3) is 0 Å². The number of hydrogen-bond donors (Lipinski definition) is 1. The van der Waals surface area contributed by atoms with E-state index in [2.05, 4.69) is 29.2 Å². The molecule has 2 aliphatic rings. The molecule has 2 atom stereocenters. The highest BCUT2D eigenvalue weighted by atomic mass is 15.3. The van der Waals surface area contributed by atoms with Gasteiger partial charge >= 0.3 is 0 Å². The van der Waals surface area contributed by atoms with Crippen molar-refractivity contribution < 1.29 is 0 Å². The van der Waals surface area contributed by atoms with Gasteiger partial charge in [-0.2, -0.15) is 5.10 Å². The van der Waals surface area contributed by atoms with Crippen LogP contribution in [0.5, 0.6) is 0 Å². The number of rotatable bonds is 4. The summed E-state index contributed by atoms with van der Waals surface area (Å²) in [5, 5.41) is 8.48. The molecule has 0 bridgehead atoms. The number of aromatic nitrogens is 2. The van der Waals surface area contributed by atoms with Crippen LogP contribution in [0.25, 0.3) is 0 Å². The van der Waals surface area contributed by atoms with Crippen molar-refractivity contribution in [3.8, 4) is 0 Å². The summed E-state index contributed by atoms with van der Waals surface area (Å²) in [5.74, 6) is 0.920. The number of hydrogen-bond acceptors (Lipinski definition) is 2. The zero-order valence-electron chi connectivity index (χ0n) is 12.1. The molecule has 3 nitrogen and oxygen atoms in total. The fourth-order valence-corrected chi connectivity index (χ4v) is 3.73. The molecule has 1 saturated heterocycles. The molecule has 1 aromatic heterocycles. The number of piperidine rings is 1. The van der Waals surface area contributed by atoms with Gasteiger partial charge in [-0.1, -0.05) is 26.2 Å². The number of nitrogens with zero attached hydrogens (tertiary/aromatic N) is 2. The molecule has 19 heavy (non-hydrogen) atoms. The predicted molar refractivity (Wildman–Crippen MR) is 78.2 cm³/mol. The molecule has 2 fully saturated rings. The van der Waals surface area contributed by atoms with Crippen molar-refractivity contribution in [1.29, 1.82) is 0 Å². The molecule has 1 saturated carbocycles. The lowest BCUT2D eigenvalue weighted by atomic mass is 9.88. The molecule has 3 rings (SSSR count). The Morgan fingerprint density at radius 3 is 2.95 bits per heavy atom. The van der Waals surface area contributed by atoms with Crippen molar-refractivity contribution in [1.82, 2.24) is 15.1 Å². The molecule has 106 valence electrons. The van der Waals surface area contributed by atoms with Gasteiger partial charge in [-0.05, 0) is 44.2 Å². The molecule has 1 N–H and O–H groups in total. The van der Waals surface area contributed by atoms with Crippen LogP contribution in [0.2, 0.25) is 0 Å². The Labute approximate surface area is 116 Å². The van der Waals surface area contributed by atoms with Gasteiger partial charge in [0.05, 0.1) is 11.7 Å². The molecule has 0 radical (unpaired) electrons. The zero-order valence-corrected chi connectivity index (χ0v) is 12.1. The maximum atomic E-state index is 4.81. The smallest absolute Gasteiger partial charge is 0.0640 e. The van der Waals surface area contributed by atoms with E-state index in [1.165, 1.54) is 57.2 Å². The van der Waals surface area contributed by atoms with Crippen molar-refractivity contribution >= 4 is 0 Å². The first-order chi connectivity index (χ1) is 9.35. The minimum absolute atomic E-state index is 0.644. The first-order valence-corrected chi connectivity index (χ1v) is 8.12. The molecule has 0 spiro atoms. The second kappa shape index (κ2) is 6.08. The standard InChI is InChI=1S/C16H27N3/c1-2-13-7-9-17-15(11-13)12-14-8-10-19(18-14)16-5-3-4-6-16/h8,10,13,15-17H,2-7,9,11-12H2,1H3. The largest absolute Gasteiger partial charge is 0.314 e. The van der Waals surface area contributed by atoms with Crippen LogP contribution in [0.15, 0.2) is 12.3 Å². The maximum Gasteiger partial charge on any atom is 0.0640 e. The van der Waals surface area contributed by atoms with E-state index < -0.39 is 0 Å². The van der Waals surface area contributed by atoms with Gasteiger partial charge in [0.1, 0.15) is 0 Å². The molecule has 2 heterocycles. The second-order valence-electron chi connectivity index (χ2n) is 6.38. The summed E-state index contributed by atoms with van der Waals surface area (Å²) in [4.78, 5) is 0. The summed E-state index contributed by atoms with van der Waals surface area (Å²) in [5.41, 5.74) is 1.28. The fourth-order valence-electron chi connectivity index (χ4n) is 3.73. The van der Waals surface area contributed by atoms with Crippen molar-refractivity contribution in [2.75, 3.05) is 6.54 Å². The van der Waals surface area contributed by atoms with Gasteiger partial charge in [0, 0.05) is 18.7 Å². The van der Waals surface area contributed by atoms with E-state index >= 15 is 0 Å². The number of nitrogens with one attached hydrogen (secondary N) is 1. The lowest BCUT2D eigenvalue weighted by Gasteiger charge is -2.29. The van der Waals surface area contributed by atoms with Crippen LogP contribution in [0.1, 0.15) is 63.6 Å². The van der Waals surface area contributed by atoms with Crippen LogP contribution in [0.4, 0.5) is 0 Å². The molecule has 1 aliphatic heterocycles. The Hall–Kier alpha value is -0.830. The summed E-state index contributed by atoms with van der Waals surface area (Å²) in [6, 6.07) is 3.55. The minimum atomic E-state index is 0.644. The molecular weight excluding hydrogens is 234 g/mol. The van der Waals surface area contributed by atoms with Crippen LogP contribution in [-0.4, -0.2) is 22.4 Å². The summed E-state index contributed by atoms with van der Waals surface area (Å²) < 4.78 is 2.22. The molecule has 0 amide bonds. The van der Waals surface area contributed by atoms with Crippen LogP contribution in [0.3, 0.4) is 0 Å². The van der Waals surface area contributed by atoms with E-state index in [1.54, 1.807) is 0 Å². The first-order valence-electron chi connectivity index (χ1n) is 8.12. The van der Waals surface area contributed by atoms with E-state index in [0.29, 0.717) is 12.1 Å². The second-order valence-corrected chi connectivity index (χ2v) is 6.38. The van der Waals surface area contributed by atoms with E-state index in [-0.39, 0.29) is 0 Å². The zero-order chi connectivity index (χ0) is 13.1. The summed E-state index contributed by atoms with van der Waals surface area (Å²) in [6.07, 6.45) is 12.7. The van der Waals surface area contributed by atoms with E-state index in [4.69, 9.17) is 5.10 Å². The Morgan fingerprint density at radius 2 is 2.16 bits per heavy atom. The van der Waals surface area contributed by atoms with Crippen molar-refractivity contribution in [3.05, 3.63) is 18.0 Å². The molecule has 3 heteroatoms. The Morgan fingerprint density at radius 1 is 1.32 bits per heavy atom. The van der Waals surface area contributed by atoms with Crippen molar-refractivity contribution in [2.24, 2.45) is 5.92 Å². The Balaban J connectivity index is 1.57. The van der Waals surface area contributed by atoms with E-state index in [9.17, 15) is 0 Å². The summed E-state index contributed by atoms with van der Waals surface area (Å²) in [6.45, 7) is 3.51. The van der Waals surface area contributed by atoms with Crippen LogP contribution < -0.4 is 5.32 Å². The summed E-state index contributed by atoms with van der Waals surface area (Å²) in [7, 11) is 0. The van der Waals surface area contributed by atoms with Crippen LogP contribution in [-0.2, 0) is 6.42 Å². The highest BCUT2D eigenvalue weighted by Crippen LogP contribution is 2.29. The van der Waals surface area contributed by atoms with Gasteiger partial charge in [-0.3, -0.25) is 4.68 Å². The van der Waals surface area contributed by atoms with E-state index in [0.717, 1.165) is 12.3 Å². The van der Waals surface area contributed by atoms with Gasteiger partial charge in [0.15, 0.2) is 0 Å². The summed E-state index contributed by atoms with van der Waals surface area (Å²) >= 11 is 0. The third-order valence-electron chi connectivity index (χ3n) is 5.00. The van der Waals surface area contributed by atoms with Gasteiger partial charge in [-0.15, -0.1) is 0 Å². The third kappa shape index (κ3) is 3.19. The molecule has 1 aromatic rings. The maximum absolute atomic E-state index is 4.81. The van der Waals surface area contributed by atoms with Crippen LogP contribution >= 0.6 is 0 Å². The third-order valence-corrected chi connectivity index (χ3v) is 5.00. The first kappa shape index (κ1) is 13.2. The normalized spacial score (nSPS) is 28.9. The quantitative estimate of drug-likeness (QED) is 0.901. The lowest BCUT2D eigenvalue weighted by molar-refractivity contribution is 0.292. The monoisotopic (exact) mass is 261 g/mol. The lowest BCUT2D eigenvalue weighted by Crippen LogP contribution is -2.39. The highest BCUT2D eigenvalue weighted by Gasteiger charge is 2.22.